The van der Waals surface area contributed by atoms with Crippen LogP contribution in [0.3, 0.4) is 0 Å². The van der Waals surface area contributed by atoms with Crippen LogP contribution in [0.2, 0.25) is 0 Å². The molecule has 1 N–H and O–H groups in total. The fraction of sp³-hybridized carbons (Fsp3) is 0.619. The van der Waals surface area contributed by atoms with E-state index in [1.54, 1.807) is 0 Å². The van der Waals surface area contributed by atoms with E-state index in [1.807, 2.05) is 35.2 Å². The molecule has 2 heterocycles. The van der Waals surface area contributed by atoms with Gasteiger partial charge < -0.3 is 15.1 Å². The quantitative estimate of drug-likeness (QED) is 0.848. The minimum atomic E-state index is -0.0457. The molecule has 0 spiro atoms. The Bertz CT molecular complexity index is 599. The van der Waals surface area contributed by atoms with Crippen molar-refractivity contribution in [1.82, 2.24) is 15.1 Å². The molecule has 5 nitrogen and oxygen atoms in total. The van der Waals surface area contributed by atoms with Crippen molar-refractivity contribution in [2.75, 3.05) is 32.7 Å². The molecule has 1 aromatic carbocycles. The number of hydrogen-bond acceptors (Lipinski definition) is 3. The Morgan fingerprint density at radius 1 is 1.23 bits per heavy atom. The van der Waals surface area contributed by atoms with Gasteiger partial charge in [-0.15, -0.1) is 0 Å². The SMILES string of the molecule is CCCN(C(=O)C1CCCN(C(=O)Cc2ccccc2)C1)C1CCNC1. The average molecular weight is 357 g/mol. The molecule has 0 aliphatic carbocycles. The van der Waals surface area contributed by atoms with Crippen LogP contribution in [0.5, 0.6) is 0 Å². The third-order valence-electron chi connectivity index (χ3n) is 5.54. The molecular formula is C21H31N3O2. The predicted octanol–water partition coefficient (Wildman–Crippen LogP) is 2.07. The number of carbonyl (C=O) groups excluding carboxylic acids is 2. The number of benzene rings is 1. The van der Waals surface area contributed by atoms with Crippen LogP contribution in [0.1, 0.15) is 38.2 Å². The van der Waals surface area contributed by atoms with E-state index in [9.17, 15) is 9.59 Å². The maximum Gasteiger partial charge on any atom is 0.227 e. The van der Waals surface area contributed by atoms with Crippen molar-refractivity contribution in [2.24, 2.45) is 5.92 Å². The second-order valence-corrected chi connectivity index (χ2v) is 7.52. The number of hydrogen-bond donors (Lipinski definition) is 1. The van der Waals surface area contributed by atoms with Crippen molar-refractivity contribution < 1.29 is 9.59 Å². The van der Waals surface area contributed by atoms with Gasteiger partial charge in [0, 0.05) is 32.2 Å². The summed E-state index contributed by atoms with van der Waals surface area (Å²) in [6, 6.07) is 10.2. The fourth-order valence-corrected chi connectivity index (χ4v) is 4.14. The number of carbonyl (C=O) groups is 2. The minimum absolute atomic E-state index is 0.0457. The molecule has 3 rings (SSSR count). The van der Waals surface area contributed by atoms with E-state index in [2.05, 4.69) is 17.1 Å². The molecule has 2 unspecified atom stereocenters. The van der Waals surface area contributed by atoms with Gasteiger partial charge in [0.1, 0.15) is 0 Å². The zero-order valence-electron chi connectivity index (χ0n) is 15.8. The number of likely N-dealkylation sites (tertiary alicyclic amines) is 1. The van der Waals surface area contributed by atoms with Crippen LogP contribution >= 0.6 is 0 Å². The maximum absolute atomic E-state index is 13.2. The number of amides is 2. The fourth-order valence-electron chi connectivity index (χ4n) is 4.14. The Labute approximate surface area is 156 Å². The standard InChI is InChI=1S/C21H31N3O2/c1-2-12-24(19-10-11-22-15-19)21(26)18-9-6-13-23(16-18)20(25)14-17-7-4-3-5-8-17/h3-5,7-8,18-19,22H,2,6,9-16H2,1H3. The molecule has 1 aromatic rings. The Morgan fingerprint density at radius 3 is 2.73 bits per heavy atom. The van der Waals surface area contributed by atoms with Crippen molar-refractivity contribution in [3.63, 3.8) is 0 Å². The molecule has 2 fully saturated rings. The lowest BCUT2D eigenvalue weighted by Crippen LogP contribution is -2.50. The summed E-state index contributed by atoms with van der Waals surface area (Å²) >= 11 is 0. The second kappa shape index (κ2) is 9.17. The van der Waals surface area contributed by atoms with Gasteiger partial charge in [0.05, 0.1) is 12.3 Å². The lowest BCUT2D eigenvalue weighted by Gasteiger charge is -2.37. The molecule has 0 bridgehead atoms. The molecule has 2 saturated heterocycles. The Balaban J connectivity index is 1.61. The number of nitrogens with zero attached hydrogens (tertiary/aromatic N) is 2. The van der Waals surface area contributed by atoms with E-state index < -0.39 is 0 Å². The van der Waals surface area contributed by atoms with Crippen molar-refractivity contribution in [3.8, 4) is 0 Å². The highest BCUT2D eigenvalue weighted by atomic mass is 16.2. The average Bonchev–Trinajstić information content (AvgIpc) is 3.21. The highest BCUT2D eigenvalue weighted by molar-refractivity contribution is 5.82. The van der Waals surface area contributed by atoms with E-state index >= 15 is 0 Å². The van der Waals surface area contributed by atoms with Gasteiger partial charge in [0.15, 0.2) is 0 Å². The van der Waals surface area contributed by atoms with Gasteiger partial charge in [-0.05, 0) is 37.8 Å². The van der Waals surface area contributed by atoms with Gasteiger partial charge in [-0.3, -0.25) is 9.59 Å². The summed E-state index contributed by atoms with van der Waals surface area (Å²) in [6.45, 7) is 6.18. The molecule has 2 aliphatic heterocycles. The van der Waals surface area contributed by atoms with E-state index in [0.29, 0.717) is 19.0 Å². The van der Waals surface area contributed by atoms with Crippen LogP contribution in [-0.2, 0) is 16.0 Å². The predicted molar refractivity (Wildman–Crippen MR) is 103 cm³/mol. The first-order chi connectivity index (χ1) is 12.7. The monoisotopic (exact) mass is 357 g/mol. The highest BCUT2D eigenvalue weighted by Gasteiger charge is 2.34. The van der Waals surface area contributed by atoms with Gasteiger partial charge in [0.25, 0.3) is 0 Å². The van der Waals surface area contributed by atoms with Crippen LogP contribution < -0.4 is 5.32 Å². The van der Waals surface area contributed by atoms with Gasteiger partial charge in [-0.1, -0.05) is 37.3 Å². The summed E-state index contributed by atoms with van der Waals surface area (Å²) in [5.74, 6) is 0.339. The Morgan fingerprint density at radius 2 is 2.04 bits per heavy atom. The largest absolute Gasteiger partial charge is 0.342 e. The first-order valence-corrected chi connectivity index (χ1v) is 10.0. The molecule has 0 aromatic heterocycles. The van der Waals surface area contributed by atoms with E-state index in [1.165, 1.54) is 0 Å². The number of rotatable bonds is 6. The topological polar surface area (TPSA) is 52.7 Å². The van der Waals surface area contributed by atoms with Gasteiger partial charge in [-0.2, -0.15) is 0 Å². The molecule has 142 valence electrons. The van der Waals surface area contributed by atoms with Gasteiger partial charge in [0.2, 0.25) is 11.8 Å². The zero-order valence-corrected chi connectivity index (χ0v) is 15.8. The van der Waals surface area contributed by atoms with Crippen molar-refractivity contribution in [3.05, 3.63) is 35.9 Å². The van der Waals surface area contributed by atoms with E-state index in [4.69, 9.17) is 0 Å². The first-order valence-electron chi connectivity index (χ1n) is 10.0. The lowest BCUT2D eigenvalue weighted by atomic mass is 9.95. The van der Waals surface area contributed by atoms with Crippen LogP contribution in [0.15, 0.2) is 30.3 Å². The molecule has 2 aliphatic rings. The molecule has 0 saturated carbocycles. The highest BCUT2D eigenvalue weighted by Crippen LogP contribution is 2.22. The maximum atomic E-state index is 13.2. The Hall–Kier alpha value is -1.88. The van der Waals surface area contributed by atoms with Crippen molar-refractivity contribution in [1.29, 1.82) is 0 Å². The summed E-state index contributed by atoms with van der Waals surface area (Å²) in [4.78, 5) is 29.8. The van der Waals surface area contributed by atoms with Crippen molar-refractivity contribution >= 4 is 11.8 Å². The molecule has 2 amide bonds. The zero-order chi connectivity index (χ0) is 18.4. The summed E-state index contributed by atoms with van der Waals surface area (Å²) in [5, 5.41) is 3.36. The number of nitrogens with one attached hydrogen (secondary N) is 1. The summed E-state index contributed by atoms with van der Waals surface area (Å²) in [6.07, 6.45) is 4.25. The van der Waals surface area contributed by atoms with Crippen LogP contribution in [-0.4, -0.2) is 60.4 Å². The third kappa shape index (κ3) is 4.64. The normalized spacial score (nSPS) is 23.0. The van der Waals surface area contributed by atoms with Gasteiger partial charge >= 0.3 is 0 Å². The summed E-state index contributed by atoms with van der Waals surface area (Å²) in [5.41, 5.74) is 1.04. The van der Waals surface area contributed by atoms with Gasteiger partial charge in [-0.25, -0.2) is 0 Å². The molecule has 26 heavy (non-hydrogen) atoms. The molecule has 2 atom stereocenters. The van der Waals surface area contributed by atoms with Crippen LogP contribution in [0, 0.1) is 5.92 Å². The third-order valence-corrected chi connectivity index (χ3v) is 5.54. The van der Waals surface area contributed by atoms with Crippen LogP contribution in [0.4, 0.5) is 0 Å². The van der Waals surface area contributed by atoms with Crippen molar-refractivity contribution in [2.45, 2.75) is 45.1 Å². The second-order valence-electron chi connectivity index (χ2n) is 7.52. The smallest absolute Gasteiger partial charge is 0.227 e. The first kappa shape index (κ1) is 18.9. The lowest BCUT2D eigenvalue weighted by molar-refractivity contribution is -0.142. The molecular weight excluding hydrogens is 326 g/mol. The minimum Gasteiger partial charge on any atom is -0.342 e. The summed E-state index contributed by atoms with van der Waals surface area (Å²) in [7, 11) is 0. The molecule has 5 heteroatoms. The van der Waals surface area contributed by atoms with E-state index in [-0.39, 0.29) is 17.7 Å². The van der Waals surface area contributed by atoms with Crippen LogP contribution in [0.25, 0.3) is 0 Å². The van der Waals surface area contributed by atoms with E-state index in [0.717, 1.165) is 57.4 Å². The molecule has 0 radical (unpaired) electrons. The number of piperidine rings is 1. The Kier molecular flexibility index (Phi) is 6.67. The summed E-state index contributed by atoms with van der Waals surface area (Å²) < 4.78 is 0.